The number of thioether (sulfide) groups is 1. The number of rotatable bonds is 4. The molecule has 2 rings (SSSR count). The summed E-state index contributed by atoms with van der Waals surface area (Å²) in [6, 6.07) is 7.29. The van der Waals surface area contributed by atoms with E-state index in [0.717, 1.165) is 15.9 Å². The second kappa shape index (κ2) is 6.33. The van der Waals surface area contributed by atoms with Gasteiger partial charge in [-0.1, -0.05) is 31.0 Å². The topological polar surface area (TPSA) is 54.9 Å². The Balaban J connectivity index is 2.70. The molecule has 6 heteroatoms. The summed E-state index contributed by atoms with van der Waals surface area (Å²) in [4.78, 5) is 28.0. The van der Waals surface area contributed by atoms with E-state index in [4.69, 9.17) is 11.6 Å². The van der Waals surface area contributed by atoms with Crippen LogP contribution >= 0.6 is 23.4 Å². The maximum Gasteiger partial charge on any atom is 0.334 e. The van der Waals surface area contributed by atoms with E-state index in [-0.39, 0.29) is 10.7 Å². The third-order valence-electron chi connectivity index (χ3n) is 2.96. The molecule has 0 unspecified atom stereocenters. The number of H-pyrrole nitrogens is 1. The van der Waals surface area contributed by atoms with Crippen LogP contribution in [0.2, 0.25) is 5.15 Å². The zero-order valence-electron chi connectivity index (χ0n) is 11.3. The van der Waals surface area contributed by atoms with Crippen molar-refractivity contribution in [2.45, 2.75) is 24.7 Å². The van der Waals surface area contributed by atoms with Gasteiger partial charge >= 0.3 is 5.69 Å². The third-order valence-corrected chi connectivity index (χ3v) is 4.01. The molecule has 1 aromatic heterocycles. The number of hydrogen-bond acceptors (Lipinski definition) is 3. The minimum atomic E-state index is -0.516. The van der Waals surface area contributed by atoms with Crippen LogP contribution in [0.25, 0.3) is 5.69 Å². The van der Waals surface area contributed by atoms with Gasteiger partial charge in [0.2, 0.25) is 0 Å². The molecule has 0 atom stereocenters. The average Bonchev–Trinajstić information content (AvgIpc) is 2.43. The molecular weight excluding hydrogens is 296 g/mol. The lowest BCUT2D eigenvalue weighted by molar-refractivity contribution is 0.810. The molecule has 0 aliphatic carbocycles. The van der Waals surface area contributed by atoms with Crippen LogP contribution in [0.4, 0.5) is 0 Å². The van der Waals surface area contributed by atoms with Crippen LogP contribution in [0.5, 0.6) is 0 Å². The van der Waals surface area contributed by atoms with Crippen LogP contribution in [0.15, 0.2) is 38.8 Å². The highest BCUT2D eigenvalue weighted by Crippen LogP contribution is 2.17. The minimum absolute atomic E-state index is 0.138. The quantitative estimate of drug-likeness (QED) is 0.698. The fourth-order valence-electron chi connectivity index (χ4n) is 2.00. The highest BCUT2D eigenvalue weighted by Gasteiger charge is 2.13. The van der Waals surface area contributed by atoms with Gasteiger partial charge in [0.1, 0.15) is 5.15 Å². The zero-order chi connectivity index (χ0) is 14.7. The largest absolute Gasteiger partial charge is 0.334 e. The van der Waals surface area contributed by atoms with Crippen molar-refractivity contribution in [2.75, 3.05) is 6.26 Å². The smallest absolute Gasteiger partial charge is 0.297 e. The van der Waals surface area contributed by atoms with Gasteiger partial charge < -0.3 is 0 Å². The van der Waals surface area contributed by atoms with Crippen molar-refractivity contribution in [3.05, 3.63) is 55.8 Å². The highest BCUT2D eigenvalue weighted by atomic mass is 35.5. The summed E-state index contributed by atoms with van der Waals surface area (Å²) in [5.74, 6) is 0. The minimum Gasteiger partial charge on any atom is -0.297 e. The van der Waals surface area contributed by atoms with Gasteiger partial charge in [-0.25, -0.2) is 9.36 Å². The van der Waals surface area contributed by atoms with Crippen LogP contribution in [-0.4, -0.2) is 15.8 Å². The zero-order valence-corrected chi connectivity index (χ0v) is 12.8. The molecule has 106 valence electrons. The second-order valence-electron chi connectivity index (χ2n) is 4.31. The number of nitrogens with zero attached hydrogens (tertiary/aromatic N) is 1. The van der Waals surface area contributed by atoms with E-state index < -0.39 is 5.69 Å². The fraction of sp³-hybridized carbons (Fsp3) is 0.286. The summed E-state index contributed by atoms with van der Waals surface area (Å²) >= 11 is 7.51. The first-order valence-electron chi connectivity index (χ1n) is 6.26. The monoisotopic (exact) mass is 310 g/mol. The molecule has 0 saturated heterocycles. The Morgan fingerprint density at radius 3 is 2.75 bits per heavy atom. The van der Waals surface area contributed by atoms with Crippen LogP contribution < -0.4 is 11.2 Å². The Kier molecular flexibility index (Phi) is 4.73. The number of nitrogens with one attached hydrogen (secondary N) is 1. The molecule has 0 spiro atoms. The van der Waals surface area contributed by atoms with E-state index in [1.807, 2.05) is 31.4 Å². The van der Waals surface area contributed by atoms with Crippen molar-refractivity contribution in [1.82, 2.24) is 9.55 Å². The Bertz CT molecular complexity index is 737. The van der Waals surface area contributed by atoms with Crippen molar-refractivity contribution in [2.24, 2.45) is 0 Å². The molecule has 0 saturated carbocycles. The first kappa shape index (κ1) is 14.9. The number of aromatic nitrogens is 2. The molecule has 1 heterocycles. The molecule has 0 aliphatic heterocycles. The Morgan fingerprint density at radius 2 is 2.10 bits per heavy atom. The number of hydrogen-bond donors (Lipinski definition) is 1. The average molecular weight is 311 g/mol. The van der Waals surface area contributed by atoms with Gasteiger partial charge in [0.25, 0.3) is 5.56 Å². The van der Waals surface area contributed by atoms with Gasteiger partial charge in [-0.2, -0.15) is 0 Å². The summed E-state index contributed by atoms with van der Waals surface area (Å²) in [6.07, 6.45) is 3.26. The predicted octanol–water partition coefficient (Wildman–Crippen LogP) is 2.85. The van der Waals surface area contributed by atoms with E-state index in [9.17, 15) is 9.59 Å². The van der Waals surface area contributed by atoms with Crippen LogP contribution in [-0.2, 0) is 6.42 Å². The Hall–Kier alpha value is -1.46. The van der Waals surface area contributed by atoms with Crippen molar-refractivity contribution in [3.63, 3.8) is 0 Å². The Labute approximate surface area is 125 Å². The standard InChI is InChI=1S/C14H15ClN2O2S/c1-3-5-11-12(15)16-14(19)17(13(11)18)9-6-4-7-10(8-9)20-2/h4,6-8H,3,5H2,1-2H3,(H,16,19). The SMILES string of the molecule is CCCc1c(Cl)[nH]c(=O)n(-c2cccc(SC)c2)c1=O. The van der Waals surface area contributed by atoms with Gasteiger partial charge in [0, 0.05) is 4.90 Å². The second-order valence-corrected chi connectivity index (χ2v) is 5.57. The highest BCUT2D eigenvalue weighted by molar-refractivity contribution is 7.98. The van der Waals surface area contributed by atoms with Crippen molar-refractivity contribution < 1.29 is 0 Å². The van der Waals surface area contributed by atoms with Crippen LogP contribution in [0.3, 0.4) is 0 Å². The number of benzene rings is 1. The van der Waals surface area contributed by atoms with Gasteiger partial charge in [0.15, 0.2) is 0 Å². The molecule has 0 aliphatic rings. The normalized spacial score (nSPS) is 10.8. The maximum absolute atomic E-state index is 12.5. The van der Waals surface area contributed by atoms with Crippen LogP contribution in [0.1, 0.15) is 18.9 Å². The van der Waals surface area contributed by atoms with E-state index >= 15 is 0 Å². The summed E-state index contributed by atoms with van der Waals surface area (Å²) in [5, 5.41) is 0.138. The molecule has 1 N–H and O–H groups in total. The lowest BCUT2D eigenvalue weighted by Crippen LogP contribution is -2.36. The van der Waals surface area contributed by atoms with E-state index in [1.165, 1.54) is 0 Å². The molecule has 20 heavy (non-hydrogen) atoms. The molecule has 0 radical (unpaired) electrons. The molecule has 4 nitrogen and oxygen atoms in total. The van der Waals surface area contributed by atoms with Gasteiger partial charge in [0.05, 0.1) is 11.3 Å². The molecular formula is C14H15ClN2O2S. The fourth-order valence-corrected chi connectivity index (χ4v) is 2.71. The summed E-state index contributed by atoms with van der Waals surface area (Å²) in [6.45, 7) is 1.96. The maximum atomic E-state index is 12.5. The summed E-state index contributed by atoms with van der Waals surface area (Å²) in [7, 11) is 0. The summed E-state index contributed by atoms with van der Waals surface area (Å²) in [5.41, 5.74) is 0.136. The van der Waals surface area contributed by atoms with Crippen molar-refractivity contribution >= 4 is 23.4 Å². The molecule has 0 fully saturated rings. The number of aromatic amines is 1. The molecule has 0 bridgehead atoms. The lowest BCUT2D eigenvalue weighted by Gasteiger charge is -2.09. The summed E-state index contributed by atoms with van der Waals surface area (Å²) < 4.78 is 1.14. The predicted molar refractivity (Wildman–Crippen MR) is 83.4 cm³/mol. The first-order chi connectivity index (χ1) is 9.58. The van der Waals surface area contributed by atoms with Crippen molar-refractivity contribution in [3.8, 4) is 5.69 Å². The molecule has 1 aromatic carbocycles. The first-order valence-corrected chi connectivity index (χ1v) is 7.87. The Morgan fingerprint density at radius 1 is 1.35 bits per heavy atom. The van der Waals surface area contributed by atoms with E-state index in [1.54, 1.807) is 17.8 Å². The molecule has 0 amide bonds. The van der Waals surface area contributed by atoms with Gasteiger partial charge in [-0.15, -0.1) is 11.8 Å². The third kappa shape index (κ3) is 2.83. The van der Waals surface area contributed by atoms with Gasteiger partial charge in [-0.3, -0.25) is 9.78 Å². The molecule has 2 aromatic rings. The van der Waals surface area contributed by atoms with Crippen LogP contribution in [0, 0.1) is 0 Å². The van der Waals surface area contributed by atoms with Gasteiger partial charge in [-0.05, 0) is 30.9 Å². The van der Waals surface area contributed by atoms with E-state index in [0.29, 0.717) is 17.7 Å². The number of halogens is 1. The van der Waals surface area contributed by atoms with E-state index in [2.05, 4.69) is 4.98 Å². The van der Waals surface area contributed by atoms with Crippen molar-refractivity contribution in [1.29, 1.82) is 0 Å². The lowest BCUT2D eigenvalue weighted by atomic mass is 10.2.